The molecule has 0 radical (unpaired) electrons. The van der Waals surface area contributed by atoms with Gasteiger partial charge in [0.25, 0.3) is 0 Å². The number of hydrogen-bond donors (Lipinski definition) is 0. The van der Waals surface area contributed by atoms with Gasteiger partial charge >= 0.3 is 12.1 Å². The molecule has 0 unspecified atom stereocenters. The zero-order chi connectivity index (χ0) is 20.4. The summed E-state index contributed by atoms with van der Waals surface area (Å²) in [5, 5.41) is 0. The van der Waals surface area contributed by atoms with Crippen LogP contribution in [0.2, 0.25) is 0 Å². The van der Waals surface area contributed by atoms with Gasteiger partial charge in [0.1, 0.15) is 17.0 Å². The summed E-state index contributed by atoms with van der Waals surface area (Å²) >= 11 is 0. The van der Waals surface area contributed by atoms with E-state index in [1.807, 2.05) is 26.8 Å². The van der Waals surface area contributed by atoms with Crippen LogP contribution in [0.5, 0.6) is 0 Å². The Balaban J connectivity index is 2.09. The summed E-state index contributed by atoms with van der Waals surface area (Å²) in [7, 11) is 0. The number of hydrogen-bond acceptors (Lipinski definition) is 4. The normalized spacial score (nSPS) is 15.2. The first kappa shape index (κ1) is 20.9. The Morgan fingerprint density at radius 3 is 2.15 bits per heavy atom. The van der Waals surface area contributed by atoms with E-state index in [0.29, 0.717) is 25.1 Å². The van der Waals surface area contributed by atoms with Gasteiger partial charge < -0.3 is 14.4 Å². The van der Waals surface area contributed by atoms with Crippen molar-refractivity contribution in [2.45, 2.75) is 59.2 Å². The summed E-state index contributed by atoms with van der Waals surface area (Å²) in [5.41, 5.74) is 0.237. The van der Waals surface area contributed by atoms with Gasteiger partial charge in [-0.3, -0.25) is 0 Å². The van der Waals surface area contributed by atoms with E-state index in [9.17, 15) is 14.0 Å². The molecule has 1 heterocycles. The Morgan fingerprint density at radius 2 is 1.67 bits per heavy atom. The molecule has 0 aromatic heterocycles. The minimum atomic E-state index is -0.636. The average Bonchev–Trinajstić information content (AvgIpc) is 2.51. The first-order chi connectivity index (χ1) is 12.4. The molecular weight excluding hydrogens is 349 g/mol. The highest BCUT2D eigenvalue weighted by atomic mass is 19.1. The maximum absolute atomic E-state index is 14.6. The number of rotatable bonds is 2. The van der Waals surface area contributed by atoms with E-state index in [1.165, 1.54) is 6.07 Å². The third kappa shape index (κ3) is 6.08. The summed E-state index contributed by atoms with van der Waals surface area (Å²) in [4.78, 5) is 25.8. The SMILES string of the molecule is CC(C)(C)OC(=O)c1ccc(C2=CCN(C(=O)OC(C)(C)C)CC2)c(F)c1. The zero-order valence-corrected chi connectivity index (χ0v) is 16.9. The summed E-state index contributed by atoms with van der Waals surface area (Å²) in [6.07, 6.45) is 1.96. The van der Waals surface area contributed by atoms with Crippen molar-refractivity contribution in [3.05, 3.63) is 41.2 Å². The zero-order valence-electron chi connectivity index (χ0n) is 16.9. The predicted octanol–water partition coefficient (Wildman–Crippen LogP) is 4.81. The lowest BCUT2D eigenvalue weighted by Crippen LogP contribution is -2.39. The second kappa shape index (κ2) is 7.71. The Bertz CT molecular complexity index is 756. The fraction of sp³-hybridized carbons (Fsp3) is 0.524. The van der Waals surface area contributed by atoms with Gasteiger partial charge in [-0.1, -0.05) is 12.1 Å². The Morgan fingerprint density at radius 1 is 1.04 bits per heavy atom. The smallest absolute Gasteiger partial charge is 0.410 e. The lowest BCUT2D eigenvalue weighted by atomic mass is 9.98. The van der Waals surface area contributed by atoms with Crippen LogP contribution in [0.4, 0.5) is 9.18 Å². The molecular formula is C21H28FNO4. The molecule has 0 spiro atoms. The van der Waals surface area contributed by atoms with Gasteiger partial charge in [0.2, 0.25) is 0 Å². The van der Waals surface area contributed by atoms with Gasteiger partial charge in [-0.15, -0.1) is 0 Å². The number of amides is 1. The van der Waals surface area contributed by atoms with Crippen molar-refractivity contribution < 1.29 is 23.5 Å². The molecule has 6 heteroatoms. The fourth-order valence-corrected chi connectivity index (χ4v) is 2.65. The number of carbonyl (C=O) groups is 2. The molecule has 1 aliphatic heterocycles. The summed E-state index contributed by atoms with van der Waals surface area (Å²) in [6.45, 7) is 11.6. The third-order valence-electron chi connectivity index (χ3n) is 3.81. The third-order valence-corrected chi connectivity index (χ3v) is 3.81. The summed E-state index contributed by atoms with van der Waals surface area (Å²) < 4.78 is 25.2. The van der Waals surface area contributed by atoms with Crippen molar-refractivity contribution in [1.82, 2.24) is 4.90 Å². The fourth-order valence-electron chi connectivity index (χ4n) is 2.65. The molecule has 0 fully saturated rings. The molecule has 2 rings (SSSR count). The van der Waals surface area contributed by atoms with Crippen LogP contribution in [0.15, 0.2) is 24.3 Å². The molecule has 0 N–H and O–H groups in total. The molecule has 0 atom stereocenters. The number of ether oxygens (including phenoxy) is 2. The molecule has 0 saturated heterocycles. The van der Waals surface area contributed by atoms with E-state index in [1.54, 1.807) is 37.8 Å². The minimum Gasteiger partial charge on any atom is -0.456 e. The lowest BCUT2D eigenvalue weighted by molar-refractivity contribution is 0.00683. The number of benzene rings is 1. The van der Waals surface area contributed by atoms with E-state index < -0.39 is 23.0 Å². The number of halogens is 1. The Kier molecular flexibility index (Phi) is 5.97. The highest BCUT2D eigenvalue weighted by molar-refractivity contribution is 5.90. The highest BCUT2D eigenvalue weighted by Crippen LogP contribution is 2.27. The summed E-state index contributed by atoms with van der Waals surface area (Å²) in [5.74, 6) is -1.03. The molecule has 5 nitrogen and oxygen atoms in total. The maximum atomic E-state index is 14.6. The van der Waals surface area contributed by atoms with Crippen LogP contribution in [-0.2, 0) is 9.47 Å². The van der Waals surface area contributed by atoms with Gasteiger partial charge in [-0.25, -0.2) is 14.0 Å². The second-order valence-electron chi connectivity index (χ2n) is 8.60. The van der Waals surface area contributed by atoms with Crippen LogP contribution in [0.25, 0.3) is 5.57 Å². The molecule has 0 aliphatic carbocycles. The van der Waals surface area contributed by atoms with E-state index in [0.717, 1.165) is 5.57 Å². The first-order valence-corrected chi connectivity index (χ1v) is 9.06. The van der Waals surface area contributed by atoms with Gasteiger partial charge in [0, 0.05) is 18.7 Å². The van der Waals surface area contributed by atoms with Gasteiger partial charge in [-0.2, -0.15) is 0 Å². The molecule has 27 heavy (non-hydrogen) atoms. The number of carbonyl (C=O) groups excluding carboxylic acids is 2. The molecule has 1 amide bonds. The summed E-state index contributed by atoms with van der Waals surface area (Å²) in [6, 6.07) is 4.35. The van der Waals surface area contributed by atoms with Crippen molar-refractivity contribution >= 4 is 17.6 Å². The van der Waals surface area contributed by atoms with Gasteiger partial charge in [-0.05, 0) is 65.7 Å². The topological polar surface area (TPSA) is 55.8 Å². The van der Waals surface area contributed by atoms with E-state index in [4.69, 9.17) is 9.47 Å². The molecule has 1 aliphatic rings. The van der Waals surface area contributed by atoms with Crippen molar-refractivity contribution in [2.24, 2.45) is 0 Å². The molecule has 1 aromatic carbocycles. The standard InChI is InChI=1S/C21H28FNO4/c1-20(2,3)26-18(24)15-7-8-16(17(22)13-15)14-9-11-23(12-10-14)19(25)27-21(4,5)6/h7-9,13H,10-12H2,1-6H3. The van der Waals surface area contributed by atoms with Crippen molar-refractivity contribution in [3.8, 4) is 0 Å². The van der Waals surface area contributed by atoms with Crippen molar-refractivity contribution in [2.75, 3.05) is 13.1 Å². The van der Waals surface area contributed by atoms with Crippen LogP contribution >= 0.6 is 0 Å². The average molecular weight is 377 g/mol. The lowest BCUT2D eigenvalue weighted by Gasteiger charge is -2.29. The van der Waals surface area contributed by atoms with Crippen molar-refractivity contribution in [1.29, 1.82) is 0 Å². The number of esters is 1. The first-order valence-electron chi connectivity index (χ1n) is 9.06. The van der Waals surface area contributed by atoms with E-state index >= 15 is 0 Å². The maximum Gasteiger partial charge on any atom is 0.410 e. The number of nitrogens with zero attached hydrogens (tertiary/aromatic N) is 1. The van der Waals surface area contributed by atoms with Gasteiger partial charge in [0.05, 0.1) is 5.56 Å². The predicted molar refractivity (Wildman–Crippen MR) is 102 cm³/mol. The van der Waals surface area contributed by atoms with Crippen molar-refractivity contribution in [3.63, 3.8) is 0 Å². The highest BCUT2D eigenvalue weighted by Gasteiger charge is 2.25. The molecule has 1 aromatic rings. The minimum absolute atomic E-state index is 0.179. The molecule has 148 valence electrons. The van der Waals surface area contributed by atoms with Crippen LogP contribution in [0.3, 0.4) is 0 Å². The largest absolute Gasteiger partial charge is 0.456 e. The van der Waals surface area contributed by atoms with E-state index in [-0.39, 0.29) is 11.7 Å². The molecule has 0 saturated carbocycles. The van der Waals surface area contributed by atoms with Crippen LogP contribution in [0, 0.1) is 5.82 Å². The van der Waals surface area contributed by atoms with Gasteiger partial charge in [0.15, 0.2) is 0 Å². The van der Waals surface area contributed by atoms with Crippen LogP contribution < -0.4 is 0 Å². The quantitative estimate of drug-likeness (QED) is 0.695. The van der Waals surface area contributed by atoms with Crippen LogP contribution in [-0.4, -0.2) is 41.3 Å². The Hall–Kier alpha value is -2.37. The molecule has 0 bridgehead atoms. The van der Waals surface area contributed by atoms with E-state index in [2.05, 4.69) is 0 Å². The Labute approximate surface area is 160 Å². The monoisotopic (exact) mass is 377 g/mol. The van der Waals surface area contributed by atoms with Crippen LogP contribution in [0.1, 0.15) is 63.9 Å². The second-order valence-corrected chi connectivity index (χ2v) is 8.60.